The molecule has 172 valence electrons. The van der Waals surface area contributed by atoms with E-state index >= 15 is 0 Å². The smallest absolute Gasteiger partial charge is 0.253 e. The molecule has 0 saturated carbocycles. The number of benzene rings is 2. The van der Waals surface area contributed by atoms with Gasteiger partial charge in [0, 0.05) is 35.8 Å². The first-order valence-electron chi connectivity index (χ1n) is 10.9. The summed E-state index contributed by atoms with van der Waals surface area (Å²) in [5, 5.41) is 13.4. The fourth-order valence-electron chi connectivity index (χ4n) is 3.56. The zero-order valence-electron chi connectivity index (χ0n) is 18.4. The Bertz CT molecular complexity index is 1130. The van der Waals surface area contributed by atoms with Crippen molar-refractivity contribution in [3.63, 3.8) is 0 Å². The molecule has 0 fully saturated rings. The number of nitrogens with one attached hydrogen (secondary N) is 1. The second kappa shape index (κ2) is 11.1. The SMILES string of the molecule is CC=COCc1ccccc1-n1ccnc1SCCCOc1ccc2c(c1)CC(O)C(=O)N2. The number of aliphatic hydroxyl groups excluding tert-OH is 1. The Morgan fingerprint density at radius 3 is 3.06 bits per heavy atom. The largest absolute Gasteiger partial charge is 0.497 e. The maximum Gasteiger partial charge on any atom is 0.253 e. The van der Waals surface area contributed by atoms with E-state index in [1.807, 2.05) is 55.7 Å². The number of imidazole rings is 1. The second-order valence-corrected chi connectivity index (χ2v) is 8.63. The lowest BCUT2D eigenvalue weighted by molar-refractivity contribution is -0.124. The number of carbonyl (C=O) groups is 1. The van der Waals surface area contributed by atoms with Crippen molar-refractivity contribution in [3.8, 4) is 11.4 Å². The van der Waals surface area contributed by atoms with E-state index in [1.165, 1.54) is 0 Å². The van der Waals surface area contributed by atoms with Gasteiger partial charge in [0.2, 0.25) is 0 Å². The summed E-state index contributed by atoms with van der Waals surface area (Å²) < 4.78 is 13.5. The molecule has 7 nitrogen and oxygen atoms in total. The summed E-state index contributed by atoms with van der Waals surface area (Å²) in [4.78, 5) is 16.1. The first kappa shape index (κ1) is 22.9. The van der Waals surface area contributed by atoms with Gasteiger partial charge in [0.1, 0.15) is 18.5 Å². The third-order valence-corrected chi connectivity index (χ3v) is 6.22. The van der Waals surface area contributed by atoms with E-state index in [9.17, 15) is 9.90 Å². The van der Waals surface area contributed by atoms with Crippen molar-refractivity contribution in [2.45, 2.75) is 37.6 Å². The summed E-state index contributed by atoms with van der Waals surface area (Å²) in [5.41, 5.74) is 3.76. The molecule has 1 aromatic heterocycles. The summed E-state index contributed by atoms with van der Waals surface area (Å²) >= 11 is 1.68. The quantitative estimate of drug-likeness (QED) is 0.263. The van der Waals surface area contributed by atoms with Crippen LogP contribution in [0.15, 0.2) is 72.4 Å². The summed E-state index contributed by atoms with van der Waals surface area (Å²) in [5.74, 6) is 1.23. The molecule has 33 heavy (non-hydrogen) atoms. The number of para-hydroxylation sites is 1. The summed E-state index contributed by atoms with van der Waals surface area (Å²) in [6.45, 7) is 2.99. The second-order valence-electron chi connectivity index (χ2n) is 7.57. The number of rotatable bonds is 10. The highest BCUT2D eigenvalue weighted by Gasteiger charge is 2.24. The van der Waals surface area contributed by atoms with Crippen LogP contribution in [0.25, 0.3) is 5.69 Å². The van der Waals surface area contributed by atoms with Crippen molar-refractivity contribution in [2.24, 2.45) is 0 Å². The highest BCUT2D eigenvalue weighted by atomic mass is 32.2. The number of hydrogen-bond acceptors (Lipinski definition) is 6. The van der Waals surface area contributed by atoms with Crippen LogP contribution >= 0.6 is 11.8 Å². The normalized spacial score (nSPS) is 15.3. The van der Waals surface area contributed by atoms with Gasteiger partial charge in [0.05, 0.1) is 18.6 Å². The van der Waals surface area contributed by atoms with Crippen LogP contribution in [-0.2, 0) is 22.6 Å². The predicted octanol–water partition coefficient (Wildman–Crippen LogP) is 4.34. The standard InChI is InChI=1S/C25H27N3O4S/c1-2-12-31-17-18-6-3-4-7-22(18)28-11-10-26-25(28)33-14-5-13-32-20-8-9-21-19(15-20)16-23(29)24(30)27-21/h2-4,6-12,15,23,29H,5,13-14,16-17H2,1H3,(H,27,30). The first-order chi connectivity index (χ1) is 16.2. The Morgan fingerprint density at radius 1 is 1.30 bits per heavy atom. The van der Waals surface area contributed by atoms with Crippen LogP contribution in [0, 0.1) is 0 Å². The van der Waals surface area contributed by atoms with Crippen molar-refractivity contribution in [1.82, 2.24) is 9.55 Å². The van der Waals surface area contributed by atoms with Crippen molar-refractivity contribution in [3.05, 3.63) is 78.3 Å². The van der Waals surface area contributed by atoms with Crippen molar-refractivity contribution in [2.75, 3.05) is 17.7 Å². The highest BCUT2D eigenvalue weighted by molar-refractivity contribution is 7.99. The molecule has 4 rings (SSSR count). The molecule has 0 radical (unpaired) electrons. The number of aliphatic hydroxyl groups is 1. The van der Waals surface area contributed by atoms with Crippen LogP contribution in [0.2, 0.25) is 0 Å². The van der Waals surface area contributed by atoms with Crippen LogP contribution in [0.1, 0.15) is 24.5 Å². The maximum atomic E-state index is 11.6. The van der Waals surface area contributed by atoms with Gasteiger partial charge in [-0.15, -0.1) is 0 Å². The van der Waals surface area contributed by atoms with Crippen LogP contribution in [0.5, 0.6) is 5.75 Å². The molecular formula is C25H27N3O4S. The van der Waals surface area contributed by atoms with E-state index in [2.05, 4.69) is 27.0 Å². The molecule has 2 aromatic carbocycles. The lowest BCUT2D eigenvalue weighted by atomic mass is 10.0. The molecule has 0 spiro atoms. The summed E-state index contributed by atoms with van der Waals surface area (Å²) in [7, 11) is 0. The summed E-state index contributed by atoms with van der Waals surface area (Å²) in [6, 6.07) is 13.7. The van der Waals surface area contributed by atoms with Gasteiger partial charge in [-0.25, -0.2) is 4.98 Å². The number of allylic oxidation sites excluding steroid dienone is 1. The van der Waals surface area contributed by atoms with E-state index in [0.717, 1.165) is 45.6 Å². The number of thioether (sulfide) groups is 1. The minimum absolute atomic E-state index is 0.304. The van der Waals surface area contributed by atoms with E-state index in [4.69, 9.17) is 9.47 Å². The Labute approximate surface area is 197 Å². The van der Waals surface area contributed by atoms with Gasteiger partial charge in [-0.2, -0.15) is 0 Å². The fourth-order valence-corrected chi connectivity index (χ4v) is 4.44. The number of nitrogens with zero attached hydrogens (tertiary/aromatic N) is 2. The van der Waals surface area contributed by atoms with Gasteiger partial charge >= 0.3 is 0 Å². The molecule has 1 aliphatic rings. The first-order valence-corrected chi connectivity index (χ1v) is 11.9. The Kier molecular flexibility index (Phi) is 7.70. The Morgan fingerprint density at radius 2 is 2.18 bits per heavy atom. The Balaban J connectivity index is 1.30. The maximum absolute atomic E-state index is 11.6. The minimum Gasteiger partial charge on any atom is -0.497 e. The number of carbonyl (C=O) groups excluding carboxylic acids is 1. The molecule has 2 heterocycles. The number of ether oxygens (including phenoxy) is 2. The van der Waals surface area contributed by atoms with Crippen LogP contribution in [0.4, 0.5) is 5.69 Å². The fraction of sp³-hybridized carbons (Fsp3) is 0.280. The zero-order valence-corrected chi connectivity index (χ0v) is 19.3. The van der Waals surface area contributed by atoms with Crippen molar-refractivity contribution >= 4 is 23.4 Å². The Hall–Kier alpha value is -3.23. The van der Waals surface area contributed by atoms with Crippen molar-refractivity contribution in [1.29, 1.82) is 0 Å². The number of amides is 1. The van der Waals surface area contributed by atoms with E-state index in [1.54, 1.807) is 18.0 Å². The third-order valence-electron chi connectivity index (χ3n) is 5.17. The number of aromatic nitrogens is 2. The number of anilines is 1. The average Bonchev–Trinajstić information content (AvgIpc) is 3.28. The van der Waals surface area contributed by atoms with E-state index in [-0.39, 0.29) is 5.91 Å². The van der Waals surface area contributed by atoms with Gasteiger partial charge in [0.15, 0.2) is 5.16 Å². The molecule has 3 aromatic rings. The molecule has 0 saturated heterocycles. The van der Waals surface area contributed by atoms with E-state index < -0.39 is 6.10 Å². The lowest BCUT2D eigenvalue weighted by Crippen LogP contribution is -2.34. The molecule has 0 aliphatic carbocycles. The minimum atomic E-state index is -1.01. The predicted molar refractivity (Wildman–Crippen MR) is 129 cm³/mol. The molecule has 8 heteroatoms. The van der Waals surface area contributed by atoms with Gasteiger partial charge in [-0.05, 0) is 43.2 Å². The molecular weight excluding hydrogens is 438 g/mol. The van der Waals surface area contributed by atoms with Gasteiger partial charge in [-0.1, -0.05) is 36.0 Å². The number of hydrogen-bond donors (Lipinski definition) is 2. The molecule has 2 N–H and O–H groups in total. The third kappa shape index (κ3) is 5.77. The monoisotopic (exact) mass is 465 g/mol. The molecule has 1 atom stereocenters. The lowest BCUT2D eigenvalue weighted by Gasteiger charge is -2.21. The van der Waals surface area contributed by atoms with E-state index in [0.29, 0.717) is 19.6 Å². The molecule has 0 bridgehead atoms. The summed E-state index contributed by atoms with van der Waals surface area (Å²) in [6.07, 6.45) is 7.48. The van der Waals surface area contributed by atoms with Gasteiger partial charge < -0.3 is 19.9 Å². The molecule has 1 unspecified atom stereocenters. The number of fused-ring (bicyclic) bond motifs is 1. The van der Waals surface area contributed by atoms with Crippen LogP contribution in [0.3, 0.4) is 0 Å². The highest BCUT2D eigenvalue weighted by Crippen LogP contribution is 2.28. The average molecular weight is 466 g/mol. The van der Waals surface area contributed by atoms with Gasteiger partial charge in [-0.3, -0.25) is 9.36 Å². The molecule has 1 aliphatic heterocycles. The molecule has 1 amide bonds. The van der Waals surface area contributed by atoms with Crippen molar-refractivity contribution < 1.29 is 19.4 Å². The topological polar surface area (TPSA) is 85.6 Å². The zero-order chi connectivity index (χ0) is 23.0. The van der Waals surface area contributed by atoms with Crippen LogP contribution in [-0.4, -0.2) is 39.0 Å². The van der Waals surface area contributed by atoms with Crippen LogP contribution < -0.4 is 10.1 Å². The van der Waals surface area contributed by atoms with Gasteiger partial charge in [0.25, 0.3) is 5.91 Å².